The van der Waals surface area contributed by atoms with Gasteiger partial charge >= 0.3 is 0 Å². The Morgan fingerprint density at radius 1 is 1.50 bits per heavy atom. The third-order valence-electron chi connectivity index (χ3n) is 3.69. The summed E-state index contributed by atoms with van der Waals surface area (Å²) in [6.07, 6.45) is 7.05. The van der Waals surface area contributed by atoms with Gasteiger partial charge in [0.1, 0.15) is 5.69 Å². The molecular formula is C15H19N5OS. The van der Waals surface area contributed by atoms with Gasteiger partial charge in [0.25, 0.3) is 5.91 Å². The first-order valence-electron chi connectivity index (χ1n) is 7.45. The summed E-state index contributed by atoms with van der Waals surface area (Å²) in [4.78, 5) is 26.8. The molecule has 1 aliphatic heterocycles. The minimum Gasteiger partial charge on any atom is -0.297 e. The molecule has 2 aromatic rings. The van der Waals surface area contributed by atoms with Crippen molar-refractivity contribution in [2.24, 2.45) is 5.92 Å². The van der Waals surface area contributed by atoms with Crippen LogP contribution in [0.2, 0.25) is 0 Å². The van der Waals surface area contributed by atoms with Crippen LogP contribution in [0, 0.1) is 5.92 Å². The Labute approximate surface area is 133 Å². The second kappa shape index (κ2) is 6.93. The Balaban J connectivity index is 1.58. The number of carbonyl (C=O) groups is 1. The van der Waals surface area contributed by atoms with Gasteiger partial charge in [0.2, 0.25) is 0 Å². The second-order valence-corrected chi connectivity index (χ2v) is 6.53. The molecule has 1 atom stereocenters. The number of aromatic nitrogens is 3. The van der Waals surface area contributed by atoms with Crippen LogP contribution in [-0.2, 0) is 6.54 Å². The van der Waals surface area contributed by atoms with Gasteiger partial charge in [-0.15, -0.1) is 11.3 Å². The largest absolute Gasteiger partial charge is 0.297 e. The summed E-state index contributed by atoms with van der Waals surface area (Å²) in [6.45, 7) is 5.39. The van der Waals surface area contributed by atoms with Crippen molar-refractivity contribution in [1.82, 2.24) is 19.9 Å². The summed E-state index contributed by atoms with van der Waals surface area (Å²) in [5.74, 6) is 0.476. The lowest BCUT2D eigenvalue weighted by Crippen LogP contribution is -2.33. The molecule has 22 heavy (non-hydrogen) atoms. The lowest BCUT2D eigenvalue weighted by molar-refractivity contribution is 0.102. The van der Waals surface area contributed by atoms with Gasteiger partial charge in [0.05, 0.1) is 11.9 Å². The molecule has 3 heterocycles. The fraction of sp³-hybridized carbons (Fsp3) is 0.467. The van der Waals surface area contributed by atoms with E-state index >= 15 is 0 Å². The van der Waals surface area contributed by atoms with E-state index in [9.17, 15) is 4.79 Å². The van der Waals surface area contributed by atoms with E-state index in [1.165, 1.54) is 42.8 Å². The highest BCUT2D eigenvalue weighted by atomic mass is 32.1. The first-order valence-corrected chi connectivity index (χ1v) is 8.33. The summed E-state index contributed by atoms with van der Waals surface area (Å²) in [5.41, 5.74) is 1.30. The maximum Gasteiger partial charge on any atom is 0.277 e. The smallest absolute Gasteiger partial charge is 0.277 e. The Kier molecular flexibility index (Phi) is 4.74. The van der Waals surface area contributed by atoms with Crippen molar-refractivity contribution in [3.05, 3.63) is 35.4 Å². The van der Waals surface area contributed by atoms with Crippen LogP contribution in [0.4, 0.5) is 5.13 Å². The Morgan fingerprint density at radius 3 is 3.18 bits per heavy atom. The van der Waals surface area contributed by atoms with Crippen molar-refractivity contribution in [2.75, 3.05) is 18.4 Å². The fourth-order valence-electron chi connectivity index (χ4n) is 2.67. The Morgan fingerprint density at radius 2 is 2.41 bits per heavy atom. The molecular weight excluding hydrogens is 298 g/mol. The van der Waals surface area contributed by atoms with Crippen molar-refractivity contribution in [1.29, 1.82) is 0 Å². The van der Waals surface area contributed by atoms with Crippen molar-refractivity contribution >= 4 is 22.4 Å². The van der Waals surface area contributed by atoms with Crippen LogP contribution < -0.4 is 5.32 Å². The molecule has 1 N–H and O–H groups in total. The van der Waals surface area contributed by atoms with Crippen LogP contribution in [0.3, 0.4) is 0 Å². The minimum atomic E-state index is -0.277. The monoisotopic (exact) mass is 317 g/mol. The van der Waals surface area contributed by atoms with Gasteiger partial charge in [-0.25, -0.2) is 9.97 Å². The molecule has 7 heteroatoms. The highest BCUT2D eigenvalue weighted by Crippen LogP contribution is 2.21. The van der Waals surface area contributed by atoms with E-state index in [1.54, 1.807) is 0 Å². The maximum atomic E-state index is 12.0. The van der Waals surface area contributed by atoms with Gasteiger partial charge in [0.15, 0.2) is 5.13 Å². The number of nitrogens with one attached hydrogen (secondary N) is 1. The maximum absolute atomic E-state index is 12.0. The molecule has 0 saturated carbocycles. The lowest BCUT2D eigenvalue weighted by Gasteiger charge is -2.30. The lowest BCUT2D eigenvalue weighted by atomic mass is 10.0. The first kappa shape index (κ1) is 15.1. The molecule has 2 aromatic heterocycles. The molecule has 1 aliphatic rings. The SMILES string of the molecule is C[C@H]1CCCN(Cc2csc(NC(=O)c3cnccn3)n2)C1. The second-order valence-electron chi connectivity index (χ2n) is 5.67. The summed E-state index contributed by atoms with van der Waals surface area (Å²) in [5, 5.41) is 5.38. The molecule has 0 aromatic carbocycles. The molecule has 0 unspecified atom stereocenters. The average molecular weight is 317 g/mol. The average Bonchev–Trinajstić information content (AvgIpc) is 2.95. The number of likely N-dealkylation sites (tertiary alicyclic amines) is 1. The first-order chi connectivity index (χ1) is 10.7. The number of rotatable bonds is 4. The van der Waals surface area contributed by atoms with Crippen LogP contribution in [0.25, 0.3) is 0 Å². The molecule has 0 spiro atoms. The number of carbonyl (C=O) groups excluding carboxylic acids is 1. The minimum absolute atomic E-state index is 0.277. The topological polar surface area (TPSA) is 71.0 Å². The summed E-state index contributed by atoms with van der Waals surface area (Å²) < 4.78 is 0. The van der Waals surface area contributed by atoms with Gasteiger partial charge in [-0.3, -0.25) is 20.0 Å². The zero-order valence-corrected chi connectivity index (χ0v) is 13.3. The highest BCUT2D eigenvalue weighted by molar-refractivity contribution is 7.13. The van der Waals surface area contributed by atoms with Gasteiger partial charge in [0, 0.05) is 30.9 Å². The molecule has 116 valence electrons. The Bertz CT molecular complexity index is 630. The van der Waals surface area contributed by atoms with E-state index in [0.29, 0.717) is 10.8 Å². The van der Waals surface area contributed by atoms with Crippen LogP contribution in [0.1, 0.15) is 35.9 Å². The van der Waals surface area contributed by atoms with E-state index in [-0.39, 0.29) is 5.91 Å². The summed E-state index contributed by atoms with van der Waals surface area (Å²) in [6, 6.07) is 0. The predicted molar refractivity (Wildman–Crippen MR) is 85.8 cm³/mol. The van der Waals surface area contributed by atoms with E-state index in [4.69, 9.17) is 0 Å². The summed E-state index contributed by atoms with van der Waals surface area (Å²) >= 11 is 1.44. The van der Waals surface area contributed by atoms with Crippen molar-refractivity contribution in [2.45, 2.75) is 26.3 Å². The highest BCUT2D eigenvalue weighted by Gasteiger charge is 2.17. The fourth-order valence-corrected chi connectivity index (χ4v) is 3.37. The quantitative estimate of drug-likeness (QED) is 0.937. The molecule has 1 fully saturated rings. The molecule has 0 radical (unpaired) electrons. The van der Waals surface area contributed by atoms with Crippen LogP contribution >= 0.6 is 11.3 Å². The van der Waals surface area contributed by atoms with Crippen LogP contribution in [0.5, 0.6) is 0 Å². The van der Waals surface area contributed by atoms with Gasteiger partial charge in [-0.05, 0) is 25.3 Å². The van der Waals surface area contributed by atoms with Gasteiger partial charge in [-0.2, -0.15) is 0 Å². The zero-order valence-electron chi connectivity index (χ0n) is 12.5. The van der Waals surface area contributed by atoms with Crippen LogP contribution in [-0.4, -0.2) is 38.8 Å². The number of thiazole rings is 1. The predicted octanol–water partition coefficient (Wildman–Crippen LogP) is 2.42. The number of nitrogens with zero attached hydrogens (tertiary/aromatic N) is 4. The molecule has 3 rings (SSSR count). The number of anilines is 1. The number of hydrogen-bond donors (Lipinski definition) is 1. The third-order valence-corrected chi connectivity index (χ3v) is 4.50. The summed E-state index contributed by atoms with van der Waals surface area (Å²) in [7, 11) is 0. The van der Waals surface area contributed by atoms with Crippen molar-refractivity contribution < 1.29 is 4.79 Å². The van der Waals surface area contributed by atoms with Gasteiger partial charge < -0.3 is 0 Å². The number of amides is 1. The molecule has 1 amide bonds. The van der Waals surface area contributed by atoms with E-state index in [1.807, 2.05) is 5.38 Å². The van der Waals surface area contributed by atoms with E-state index in [0.717, 1.165) is 31.2 Å². The van der Waals surface area contributed by atoms with E-state index in [2.05, 4.69) is 32.1 Å². The molecule has 6 nitrogen and oxygen atoms in total. The van der Waals surface area contributed by atoms with Gasteiger partial charge in [-0.1, -0.05) is 6.92 Å². The van der Waals surface area contributed by atoms with Crippen molar-refractivity contribution in [3.63, 3.8) is 0 Å². The molecule has 1 saturated heterocycles. The molecule has 0 bridgehead atoms. The number of piperidine rings is 1. The van der Waals surface area contributed by atoms with Crippen molar-refractivity contribution in [3.8, 4) is 0 Å². The number of hydrogen-bond acceptors (Lipinski definition) is 6. The van der Waals surface area contributed by atoms with Crippen LogP contribution in [0.15, 0.2) is 24.0 Å². The van der Waals surface area contributed by atoms with E-state index < -0.39 is 0 Å². The molecule has 0 aliphatic carbocycles. The zero-order chi connectivity index (χ0) is 15.4. The standard InChI is InChI=1S/C15H19N5OS/c1-11-3-2-6-20(8-11)9-12-10-22-15(18-12)19-14(21)13-7-16-4-5-17-13/h4-5,7,10-11H,2-3,6,8-9H2,1H3,(H,18,19,21)/t11-/m0/s1. The normalized spacial score (nSPS) is 19.0. The third kappa shape index (κ3) is 3.86. The Hall–Kier alpha value is -1.86.